The molecule has 0 aromatic heterocycles. The summed E-state index contributed by atoms with van der Waals surface area (Å²) in [5.74, 6) is 0.377. The fourth-order valence-electron chi connectivity index (χ4n) is 3.64. The molecule has 1 aliphatic heterocycles. The lowest BCUT2D eigenvalue weighted by Gasteiger charge is -2.41. The molecule has 2 unspecified atom stereocenters. The van der Waals surface area contributed by atoms with Crippen LogP contribution in [-0.4, -0.2) is 49.1 Å². The molecular weight excluding hydrogens is 268 g/mol. The van der Waals surface area contributed by atoms with Crippen LogP contribution in [0.25, 0.3) is 0 Å². The minimum atomic E-state index is -0.317. The third-order valence-electron chi connectivity index (χ3n) is 4.72. The number of carbonyl (C=O) groups excluding carboxylic acids is 2. The Hall–Kier alpha value is -1.10. The van der Waals surface area contributed by atoms with Crippen molar-refractivity contribution in [2.24, 2.45) is 5.92 Å². The number of piperazine rings is 1. The largest absolute Gasteiger partial charge is 0.383 e. The molecule has 0 aromatic rings. The second-order valence-electron chi connectivity index (χ2n) is 6.31. The van der Waals surface area contributed by atoms with Crippen molar-refractivity contribution >= 4 is 11.8 Å². The quantitative estimate of drug-likeness (QED) is 0.812. The van der Waals surface area contributed by atoms with Crippen molar-refractivity contribution < 1.29 is 14.3 Å². The first-order valence-electron chi connectivity index (χ1n) is 8.26. The van der Waals surface area contributed by atoms with Crippen molar-refractivity contribution in [1.82, 2.24) is 10.2 Å². The van der Waals surface area contributed by atoms with E-state index < -0.39 is 0 Å². The van der Waals surface area contributed by atoms with Gasteiger partial charge in [-0.1, -0.05) is 32.6 Å². The fourth-order valence-corrected chi connectivity index (χ4v) is 3.64. The summed E-state index contributed by atoms with van der Waals surface area (Å²) in [6, 6.07) is -0.299. The van der Waals surface area contributed by atoms with Crippen molar-refractivity contribution in [1.29, 1.82) is 0 Å². The zero-order valence-corrected chi connectivity index (χ0v) is 13.3. The zero-order valence-electron chi connectivity index (χ0n) is 13.3. The van der Waals surface area contributed by atoms with E-state index in [1.807, 2.05) is 0 Å². The van der Waals surface area contributed by atoms with E-state index in [0.29, 0.717) is 12.5 Å². The van der Waals surface area contributed by atoms with Crippen LogP contribution < -0.4 is 5.32 Å². The molecule has 1 heterocycles. The van der Waals surface area contributed by atoms with E-state index >= 15 is 0 Å². The molecule has 0 radical (unpaired) electrons. The maximum atomic E-state index is 12.8. The molecule has 0 spiro atoms. The standard InChI is InChI=1S/C16H28N2O3/c1-3-7-13(11-21-2)18-10-14(19)17-15(16(18)20)12-8-5-4-6-9-12/h12-13,15H,3-11H2,1-2H3,(H,17,19). The van der Waals surface area contributed by atoms with Gasteiger partial charge in [-0.15, -0.1) is 0 Å². The number of hydrogen-bond acceptors (Lipinski definition) is 3. The highest BCUT2D eigenvalue weighted by atomic mass is 16.5. The van der Waals surface area contributed by atoms with Gasteiger partial charge in [0, 0.05) is 7.11 Å². The molecule has 0 bridgehead atoms. The van der Waals surface area contributed by atoms with E-state index in [0.717, 1.165) is 25.7 Å². The lowest BCUT2D eigenvalue weighted by Crippen LogP contribution is -2.63. The summed E-state index contributed by atoms with van der Waals surface area (Å²) in [7, 11) is 1.65. The average Bonchev–Trinajstić information content (AvgIpc) is 2.50. The first-order valence-corrected chi connectivity index (χ1v) is 8.26. The Labute approximate surface area is 127 Å². The van der Waals surface area contributed by atoms with Crippen LogP contribution in [0.3, 0.4) is 0 Å². The molecular formula is C16H28N2O3. The van der Waals surface area contributed by atoms with Crippen molar-refractivity contribution in [3.63, 3.8) is 0 Å². The smallest absolute Gasteiger partial charge is 0.246 e. The van der Waals surface area contributed by atoms with Crippen molar-refractivity contribution in [2.45, 2.75) is 64.0 Å². The summed E-state index contributed by atoms with van der Waals surface area (Å²) in [4.78, 5) is 26.6. The molecule has 2 rings (SSSR count). The van der Waals surface area contributed by atoms with E-state index in [1.165, 1.54) is 19.3 Å². The second-order valence-corrected chi connectivity index (χ2v) is 6.31. The number of nitrogens with one attached hydrogen (secondary N) is 1. The Morgan fingerprint density at radius 2 is 2.00 bits per heavy atom. The number of carbonyl (C=O) groups is 2. The highest BCUT2D eigenvalue weighted by molar-refractivity contribution is 5.95. The van der Waals surface area contributed by atoms with E-state index in [2.05, 4.69) is 12.2 Å². The van der Waals surface area contributed by atoms with Crippen LogP contribution in [0.2, 0.25) is 0 Å². The van der Waals surface area contributed by atoms with Crippen molar-refractivity contribution in [3.05, 3.63) is 0 Å². The molecule has 120 valence electrons. The molecule has 2 aliphatic rings. The van der Waals surface area contributed by atoms with Crippen molar-refractivity contribution in [2.75, 3.05) is 20.3 Å². The lowest BCUT2D eigenvalue weighted by molar-refractivity contribution is -0.150. The molecule has 1 saturated carbocycles. The van der Waals surface area contributed by atoms with Gasteiger partial charge in [0.1, 0.15) is 6.04 Å². The monoisotopic (exact) mass is 296 g/mol. The summed E-state index contributed by atoms with van der Waals surface area (Å²) < 4.78 is 5.25. The number of ether oxygens (including phenoxy) is 1. The van der Waals surface area contributed by atoms with Crippen LogP contribution in [0.15, 0.2) is 0 Å². The molecule has 1 saturated heterocycles. The number of hydrogen-bond donors (Lipinski definition) is 1. The van der Waals surface area contributed by atoms with E-state index in [1.54, 1.807) is 12.0 Å². The van der Waals surface area contributed by atoms with E-state index in [4.69, 9.17) is 4.74 Å². The van der Waals surface area contributed by atoms with E-state index in [9.17, 15) is 9.59 Å². The molecule has 5 nitrogen and oxygen atoms in total. The topological polar surface area (TPSA) is 58.6 Å². The summed E-state index contributed by atoms with van der Waals surface area (Å²) in [5, 5.41) is 2.93. The molecule has 2 atom stereocenters. The van der Waals surface area contributed by atoms with Gasteiger partial charge in [-0.05, 0) is 25.2 Å². The van der Waals surface area contributed by atoms with Gasteiger partial charge in [0.25, 0.3) is 0 Å². The van der Waals surface area contributed by atoms with Crippen LogP contribution >= 0.6 is 0 Å². The number of nitrogens with zero attached hydrogens (tertiary/aromatic N) is 1. The Morgan fingerprint density at radius 3 is 2.62 bits per heavy atom. The average molecular weight is 296 g/mol. The van der Waals surface area contributed by atoms with Gasteiger partial charge >= 0.3 is 0 Å². The molecule has 1 aliphatic carbocycles. The Balaban J connectivity index is 2.09. The summed E-state index contributed by atoms with van der Waals surface area (Å²) in [5.41, 5.74) is 0. The minimum Gasteiger partial charge on any atom is -0.383 e. The van der Waals surface area contributed by atoms with Gasteiger partial charge in [-0.3, -0.25) is 9.59 Å². The molecule has 2 fully saturated rings. The van der Waals surface area contributed by atoms with Gasteiger partial charge in [0.2, 0.25) is 11.8 Å². The summed E-state index contributed by atoms with van der Waals surface area (Å²) >= 11 is 0. The number of amides is 2. The van der Waals surface area contributed by atoms with Gasteiger partial charge in [0.15, 0.2) is 0 Å². The predicted molar refractivity (Wildman–Crippen MR) is 80.8 cm³/mol. The maximum absolute atomic E-state index is 12.8. The fraction of sp³-hybridized carbons (Fsp3) is 0.875. The molecule has 1 N–H and O–H groups in total. The highest BCUT2D eigenvalue weighted by Gasteiger charge is 2.40. The Morgan fingerprint density at radius 1 is 1.29 bits per heavy atom. The van der Waals surface area contributed by atoms with Gasteiger partial charge < -0.3 is 15.0 Å². The first-order chi connectivity index (χ1) is 10.2. The second kappa shape index (κ2) is 7.78. The lowest BCUT2D eigenvalue weighted by atomic mass is 9.82. The predicted octanol–water partition coefficient (Wildman–Crippen LogP) is 1.71. The Kier molecular flexibility index (Phi) is 6.03. The normalized spacial score (nSPS) is 25.8. The minimum absolute atomic E-state index is 0.0182. The number of methoxy groups -OCH3 is 1. The van der Waals surface area contributed by atoms with Crippen LogP contribution in [0.4, 0.5) is 0 Å². The van der Waals surface area contributed by atoms with Crippen molar-refractivity contribution in [3.8, 4) is 0 Å². The molecule has 21 heavy (non-hydrogen) atoms. The zero-order chi connectivity index (χ0) is 15.2. The Bertz CT molecular complexity index is 361. The van der Waals surface area contributed by atoms with Gasteiger partial charge in [-0.25, -0.2) is 0 Å². The summed E-state index contributed by atoms with van der Waals surface area (Å²) in [6.07, 6.45) is 7.54. The maximum Gasteiger partial charge on any atom is 0.246 e. The van der Waals surface area contributed by atoms with Crippen LogP contribution in [-0.2, 0) is 14.3 Å². The summed E-state index contributed by atoms with van der Waals surface area (Å²) in [6.45, 7) is 2.77. The van der Waals surface area contributed by atoms with Crippen LogP contribution in [0.1, 0.15) is 51.9 Å². The third kappa shape index (κ3) is 3.96. The van der Waals surface area contributed by atoms with Crippen LogP contribution in [0, 0.1) is 5.92 Å². The SMILES string of the molecule is CCCC(COC)N1CC(=O)NC(C2CCCCC2)C1=O. The number of rotatable bonds is 6. The van der Waals surface area contributed by atoms with Gasteiger partial charge in [0.05, 0.1) is 19.2 Å². The highest BCUT2D eigenvalue weighted by Crippen LogP contribution is 2.29. The molecule has 2 amide bonds. The van der Waals surface area contributed by atoms with E-state index in [-0.39, 0.29) is 30.4 Å². The first kappa shape index (κ1) is 16.3. The third-order valence-corrected chi connectivity index (χ3v) is 4.72. The molecule has 0 aromatic carbocycles. The van der Waals surface area contributed by atoms with Gasteiger partial charge in [-0.2, -0.15) is 0 Å². The van der Waals surface area contributed by atoms with Crippen LogP contribution in [0.5, 0.6) is 0 Å². The molecule has 5 heteroatoms.